The Morgan fingerprint density at radius 2 is 2.18 bits per heavy atom. The Morgan fingerprint density at radius 1 is 1.41 bits per heavy atom. The van der Waals surface area contributed by atoms with Gasteiger partial charge in [-0.25, -0.2) is 0 Å². The van der Waals surface area contributed by atoms with Crippen molar-refractivity contribution in [3.05, 3.63) is 21.9 Å². The topological polar surface area (TPSA) is 15.3 Å². The number of rotatable bonds is 5. The predicted octanol–water partition coefficient (Wildman–Crippen LogP) is 3.02. The molecule has 2 heterocycles. The van der Waals surface area contributed by atoms with Crippen LogP contribution in [0.25, 0.3) is 0 Å². The molecule has 0 unspecified atom stereocenters. The molecule has 1 fully saturated rings. The summed E-state index contributed by atoms with van der Waals surface area (Å²) in [4.78, 5) is 4.15. The third-order valence-electron chi connectivity index (χ3n) is 3.61. The third-order valence-corrected chi connectivity index (χ3v) is 4.61. The first-order valence-electron chi connectivity index (χ1n) is 6.78. The highest BCUT2D eigenvalue weighted by Crippen LogP contribution is 2.20. The third kappa shape index (κ3) is 3.80. The summed E-state index contributed by atoms with van der Waals surface area (Å²) in [5, 5.41) is 5.85. The lowest BCUT2D eigenvalue weighted by Gasteiger charge is -2.32. The molecule has 0 aromatic carbocycles. The molecule has 3 heteroatoms. The summed E-state index contributed by atoms with van der Waals surface area (Å²) < 4.78 is 0. The van der Waals surface area contributed by atoms with Gasteiger partial charge in [-0.1, -0.05) is 6.92 Å². The molecule has 0 saturated carbocycles. The molecule has 96 valence electrons. The zero-order valence-corrected chi connectivity index (χ0v) is 11.9. The molecule has 1 aromatic heterocycles. The van der Waals surface area contributed by atoms with E-state index in [4.69, 9.17) is 0 Å². The fourth-order valence-electron chi connectivity index (χ4n) is 2.41. The van der Waals surface area contributed by atoms with Crippen LogP contribution in [0.4, 0.5) is 0 Å². The molecule has 1 aliphatic rings. The largest absolute Gasteiger partial charge is 0.314 e. The first-order valence-corrected chi connectivity index (χ1v) is 7.66. The van der Waals surface area contributed by atoms with E-state index < -0.39 is 0 Å². The molecule has 2 nitrogen and oxygen atoms in total. The highest BCUT2D eigenvalue weighted by atomic mass is 32.1. The van der Waals surface area contributed by atoms with E-state index in [1.165, 1.54) is 44.5 Å². The molecular weight excluding hydrogens is 228 g/mol. The Kier molecular flexibility index (Phi) is 5.01. The minimum Gasteiger partial charge on any atom is -0.314 e. The molecule has 0 atom stereocenters. The second-order valence-electron chi connectivity index (χ2n) is 5.03. The van der Waals surface area contributed by atoms with Crippen LogP contribution in [0.15, 0.2) is 11.4 Å². The molecule has 1 N–H and O–H groups in total. The Hall–Kier alpha value is -0.380. The number of hydrogen-bond donors (Lipinski definition) is 1. The summed E-state index contributed by atoms with van der Waals surface area (Å²) in [5.74, 6) is 0. The van der Waals surface area contributed by atoms with E-state index in [0.717, 1.165) is 12.6 Å². The molecule has 1 aromatic rings. The average molecular weight is 252 g/mol. The van der Waals surface area contributed by atoms with Gasteiger partial charge in [0.25, 0.3) is 0 Å². The molecule has 2 rings (SSSR count). The van der Waals surface area contributed by atoms with Crippen LogP contribution >= 0.6 is 11.3 Å². The van der Waals surface area contributed by atoms with Gasteiger partial charge in [-0.3, -0.25) is 4.90 Å². The summed E-state index contributed by atoms with van der Waals surface area (Å²) in [6.45, 7) is 9.29. The van der Waals surface area contributed by atoms with Gasteiger partial charge in [0.2, 0.25) is 0 Å². The molecule has 0 amide bonds. The van der Waals surface area contributed by atoms with Crippen molar-refractivity contribution in [2.24, 2.45) is 0 Å². The van der Waals surface area contributed by atoms with E-state index in [9.17, 15) is 0 Å². The van der Waals surface area contributed by atoms with Crippen LogP contribution in [0.1, 0.15) is 36.6 Å². The highest BCUT2D eigenvalue weighted by Gasteiger charge is 2.19. The number of piperidine rings is 1. The van der Waals surface area contributed by atoms with Crippen molar-refractivity contribution in [1.29, 1.82) is 0 Å². The number of likely N-dealkylation sites (tertiary alicyclic amines) is 1. The zero-order chi connectivity index (χ0) is 12.1. The van der Waals surface area contributed by atoms with E-state index in [1.807, 2.05) is 11.3 Å². The van der Waals surface area contributed by atoms with Gasteiger partial charge in [0.1, 0.15) is 0 Å². The normalized spacial score (nSPS) is 18.7. The lowest BCUT2D eigenvalue weighted by atomic mass is 10.0. The maximum absolute atomic E-state index is 3.64. The van der Waals surface area contributed by atoms with Gasteiger partial charge >= 0.3 is 0 Å². The van der Waals surface area contributed by atoms with Crippen LogP contribution in [-0.2, 0) is 6.54 Å². The summed E-state index contributed by atoms with van der Waals surface area (Å²) in [5.41, 5.74) is 1.46. The number of thiophene rings is 1. The van der Waals surface area contributed by atoms with Crippen molar-refractivity contribution in [2.75, 3.05) is 19.6 Å². The van der Waals surface area contributed by atoms with Crippen molar-refractivity contribution in [3.8, 4) is 0 Å². The summed E-state index contributed by atoms with van der Waals surface area (Å²) >= 11 is 1.90. The molecule has 1 saturated heterocycles. The van der Waals surface area contributed by atoms with Crippen LogP contribution in [0.2, 0.25) is 0 Å². The first kappa shape index (κ1) is 13.1. The van der Waals surface area contributed by atoms with Crippen LogP contribution < -0.4 is 5.32 Å². The van der Waals surface area contributed by atoms with Gasteiger partial charge in [0, 0.05) is 17.5 Å². The molecule has 0 radical (unpaired) electrons. The molecule has 0 aliphatic carbocycles. The zero-order valence-electron chi connectivity index (χ0n) is 11.0. The number of nitrogens with zero attached hydrogens (tertiary/aromatic N) is 1. The Balaban J connectivity index is 1.74. The second-order valence-corrected chi connectivity index (χ2v) is 6.03. The Morgan fingerprint density at radius 3 is 2.76 bits per heavy atom. The van der Waals surface area contributed by atoms with Gasteiger partial charge in [0.15, 0.2) is 0 Å². The van der Waals surface area contributed by atoms with E-state index in [-0.39, 0.29) is 0 Å². The highest BCUT2D eigenvalue weighted by molar-refractivity contribution is 7.10. The maximum atomic E-state index is 3.64. The van der Waals surface area contributed by atoms with Gasteiger partial charge in [0.05, 0.1) is 0 Å². The van der Waals surface area contributed by atoms with Gasteiger partial charge in [-0.05, 0) is 62.8 Å². The molecular formula is C14H24N2S. The van der Waals surface area contributed by atoms with E-state index in [0.29, 0.717) is 0 Å². The lowest BCUT2D eigenvalue weighted by Crippen LogP contribution is -2.42. The SMILES string of the molecule is CCCNC1CCN(Cc2sccc2C)CC1. The van der Waals surface area contributed by atoms with Crippen molar-refractivity contribution in [2.45, 2.75) is 45.7 Å². The molecule has 0 spiro atoms. The molecule has 17 heavy (non-hydrogen) atoms. The second kappa shape index (κ2) is 6.53. The smallest absolute Gasteiger partial charge is 0.0330 e. The van der Waals surface area contributed by atoms with Gasteiger partial charge in [-0.15, -0.1) is 11.3 Å². The van der Waals surface area contributed by atoms with Crippen molar-refractivity contribution < 1.29 is 0 Å². The summed E-state index contributed by atoms with van der Waals surface area (Å²) in [6.07, 6.45) is 3.86. The first-order chi connectivity index (χ1) is 8.29. The Bertz CT molecular complexity index is 327. The summed E-state index contributed by atoms with van der Waals surface area (Å²) in [7, 11) is 0. The van der Waals surface area contributed by atoms with Crippen LogP contribution in [0.3, 0.4) is 0 Å². The maximum Gasteiger partial charge on any atom is 0.0330 e. The number of aryl methyl sites for hydroxylation is 1. The van der Waals surface area contributed by atoms with Gasteiger partial charge in [-0.2, -0.15) is 0 Å². The monoisotopic (exact) mass is 252 g/mol. The average Bonchev–Trinajstić information content (AvgIpc) is 2.74. The van der Waals surface area contributed by atoms with Crippen LogP contribution in [0, 0.1) is 6.92 Å². The fraction of sp³-hybridized carbons (Fsp3) is 0.714. The van der Waals surface area contributed by atoms with Gasteiger partial charge < -0.3 is 5.32 Å². The lowest BCUT2D eigenvalue weighted by molar-refractivity contribution is 0.192. The van der Waals surface area contributed by atoms with Crippen molar-refractivity contribution >= 4 is 11.3 Å². The summed E-state index contributed by atoms with van der Waals surface area (Å²) in [6, 6.07) is 2.99. The van der Waals surface area contributed by atoms with Crippen LogP contribution in [0.5, 0.6) is 0 Å². The van der Waals surface area contributed by atoms with Crippen LogP contribution in [-0.4, -0.2) is 30.6 Å². The minimum atomic E-state index is 0.760. The van der Waals surface area contributed by atoms with E-state index in [2.05, 4.69) is 35.5 Å². The predicted molar refractivity (Wildman–Crippen MR) is 75.6 cm³/mol. The molecule has 0 bridgehead atoms. The van der Waals surface area contributed by atoms with Crippen molar-refractivity contribution in [1.82, 2.24) is 10.2 Å². The fourth-order valence-corrected chi connectivity index (χ4v) is 3.36. The number of hydrogen-bond acceptors (Lipinski definition) is 3. The van der Waals surface area contributed by atoms with E-state index >= 15 is 0 Å². The van der Waals surface area contributed by atoms with E-state index in [1.54, 1.807) is 4.88 Å². The standard InChI is InChI=1S/C14H24N2S/c1-3-7-15-13-4-8-16(9-5-13)11-14-12(2)6-10-17-14/h6,10,13,15H,3-5,7-9,11H2,1-2H3. The van der Waals surface area contributed by atoms with Crippen molar-refractivity contribution in [3.63, 3.8) is 0 Å². The number of nitrogens with one attached hydrogen (secondary N) is 1. The molecule has 1 aliphatic heterocycles. The Labute approximate surface area is 109 Å². The quantitative estimate of drug-likeness (QED) is 0.866. The minimum absolute atomic E-state index is 0.760.